The van der Waals surface area contributed by atoms with Crippen LogP contribution < -0.4 is 5.73 Å². The summed E-state index contributed by atoms with van der Waals surface area (Å²) in [6.45, 7) is 13.4. The summed E-state index contributed by atoms with van der Waals surface area (Å²) in [6, 6.07) is 0. The average Bonchev–Trinajstić information content (AvgIpc) is 2.34. The van der Waals surface area contributed by atoms with E-state index in [4.69, 9.17) is 5.73 Å². The molecule has 0 bridgehead atoms. The van der Waals surface area contributed by atoms with E-state index in [0.29, 0.717) is 24.3 Å². The van der Waals surface area contributed by atoms with Gasteiger partial charge in [0.1, 0.15) is 0 Å². The Bertz CT molecular complexity index is 227. The molecule has 0 aromatic rings. The Morgan fingerprint density at radius 1 is 0.947 bits per heavy atom. The third-order valence-electron chi connectivity index (χ3n) is 3.53. The minimum atomic E-state index is 0.114. The third-order valence-corrected chi connectivity index (χ3v) is 3.53. The highest BCUT2D eigenvalue weighted by molar-refractivity contribution is 5.78. The van der Waals surface area contributed by atoms with Crippen LogP contribution in [0.5, 0.6) is 0 Å². The van der Waals surface area contributed by atoms with Crippen LogP contribution in [0.15, 0.2) is 0 Å². The van der Waals surface area contributed by atoms with Gasteiger partial charge in [0.05, 0.1) is 0 Å². The quantitative estimate of drug-likeness (QED) is 0.662. The zero-order chi connectivity index (χ0) is 14.8. The summed E-state index contributed by atoms with van der Waals surface area (Å²) in [7, 11) is 0. The summed E-state index contributed by atoms with van der Waals surface area (Å²) in [4.78, 5) is 14.5. The molecule has 114 valence electrons. The molecule has 1 atom stereocenters. The maximum atomic E-state index is 12.5. The van der Waals surface area contributed by atoms with Gasteiger partial charge >= 0.3 is 0 Å². The summed E-state index contributed by atoms with van der Waals surface area (Å²) < 4.78 is 0. The number of carbonyl (C=O) groups is 1. The minimum Gasteiger partial charge on any atom is -0.342 e. The molecule has 19 heavy (non-hydrogen) atoms. The number of hydrogen-bond acceptors (Lipinski definition) is 2. The minimum absolute atomic E-state index is 0.114. The summed E-state index contributed by atoms with van der Waals surface area (Å²) in [5.74, 6) is 1.72. The van der Waals surface area contributed by atoms with E-state index < -0.39 is 0 Å². The first-order chi connectivity index (χ1) is 8.88. The van der Waals surface area contributed by atoms with E-state index in [1.54, 1.807) is 0 Å². The van der Waals surface area contributed by atoms with Gasteiger partial charge in [0.25, 0.3) is 0 Å². The van der Waals surface area contributed by atoms with Gasteiger partial charge in [0, 0.05) is 19.0 Å². The molecular weight excluding hydrogens is 236 g/mol. The van der Waals surface area contributed by atoms with E-state index in [-0.39, 0.29) is 5.92 Å². The summed E-state index contributed by atoms with van der Waals surface area (Å²) in [6.07, 6.45) is 4.03. The van der Waals surface area contributed by atoms with Crippen LogP contribution >= 0.6 is 0 Å². The fourth-order valence-electron chi connectivity index (χ4n) is 2.02. The first-order valence-electron chi connectivity index (χ1n) is 7.87. The number of rotatable bonds is 10. The molecule has 0 aromatic carbocycles. The Morgan fingerprint density at radius 3 is 1.79 bits per heavy atom. The van der Waals surface area contributed by atoms with E-state index in [2.05, 4.69) is 32.6 Å². The lowest BCUT2D eigenvalue weighted by Crippen LogP contribution is -2.37. The van der Waals surface area contributed by atoms with E-state index >= 15 is 0 Å². The van der Waals surface area contributed by atoms with Gasteiger partial charge in [-0.2, -0.15) is 0 Å². The smallest absolute Gasteiger partial charge is 0.225 e. The number of nitrogens with zero attached hydrogens (tertiary/aromatic N) is 1. The van der Waals surface area contributed by atoms with Gasteiger partial charge in [-0.3, -0.25) is 4.79 Å². The second-order valence-electron chi connectivity index (χ2n) is 6.52. The molecule has 0 aromatic heterocycles. The van der Waals surface area contributed by atoms with Gasteiger partial charge in [-0.1, -0.05) is 34.6 Å². The molecule has 0 saturated carbocycles. The molecule has 3 nitrogen and oxygen atoms in total. The van der Waals surface area contributed by atoms with Crippen molar-refractivity contribution in [1.82, 2.24) is 4.90 Å². The Balaban J connectivity index is 4.38. The lowest BCUT2D eigenvalue weighted by Gasteiger charge is -2.27. The molecule has 0 aliphatic heterocycles. The third kappa shape index (κ3) is 9.04. The summed E-state index contributed by atoms with van der Waals surface area (Å²) >= 11 is 0. The molecule has 1 unspecified atom stereocenters. The van der Waals surface area contributed by atoms with Crippen molar-refractivity contribution in [2.75, 3.05) is 19.6 Å². The fraction of sp³-hybridized carbons (Fsp3) is 0.938. The topological polar surface area (TPSA) is 46.3 Å². The van der Waals surface area contributed by atoms with Gasteiger partial charge in [-0.25, -0.2) is 0 Å². The van der Waals surface area contributed by atoms with Gasteiger partial charge in [0.15, 0.2) is 0 Å². The molecule has 0 radical (unpaired) electrons. The number of amides is 1. The maximum absolute atomic E-state index is 12.5. The van der Waals surface area contributed by atoms with Crippen LogP contribution in [-0.4, -0.2) is 30.4 Å². The van der Waals surface area contributed by atoms with Crippen molar-refractivity contribution >= 4 is 5.91 Å². The molecular formula is C16H34N2O. The normalized spacial score (nSPS) is 13.1. The van der Waals surface area contributed by atoms with Crippen molar-refractivity contribution in [3.63, 3.8) is 0 Å². The lowest BCUT2D eigenvalue weighted by atomic mass is 10.0. The molecule has 0 saturated heterocycles. The first-order valence-corrected chi connectivity index (χ1v) is 7.87. The van der Waals surface area contributed by atoms with E-state index in [9.17, 15) is 4.79 Å². The zero-order valence-corrected chi connectivity index (χ0v) is 13.6. The maximum Gasteiger partial charge on any atom is 0.225 e. The van der Waals surface area contributed by atoms with Crippen LogP contribution in [0.3, 0.4) is 0 Å². The Morgan fingerprint density at radius 2 is 1.42 bits per heavy atom. The molecule has 0 rings (SSSR count). The largest absolute Gasteiger partial charge is 0.342 e. The van der Waals surface area contributed by atoms with Crippen LogP contribution in [0, 0.1) is 17.8 Å². The van der Waals surface area contributed by atoms with Crippen molar-refractivity contribution in [1.29, 1.82) is 0 Å². The monoisotopic (exact) mass is 270 g/mol. The van der Waals surface area contributed by atoms with Gasteiger partial charge in [-0.05, 0) is 44.1 Å². The van der Waals surface area contributed by atoms with Gasteiger partial charge in [-0.15, -0.1) is 0 Å². The average molecular weight is 270 g/mol. The van der Waals surface area contributed by atoms with Crippen LogP contribution in [0.25, 0.3) is 0 Å². The number of carbonyl (C=O) groups excluding carboxylic acids is 1. The first kappa shape index (κ1) is 18.4. The fourth-order valence-corrected chi connectivity index (χ4v) is 2.02. The van der Waals surface area contributed by atoms with Crippen molar-refractivity contribution in [3.8, 4) is 0 Å². The van der Waals surface area contributed by atoms with Crippen molar-refractivity contribution in [3.05, 3.63) is 0 Å². The Hall–Kier alpha value is -0.570. The highest BCUT2D eigenvalue weighted by atomic mass is 16.2. The van der Waals surface area contributed by atoms with Crippen LogP contribution in [0.4, 0.5) is 0 Å². The molecule has 3 heteroatoms. The zero-order valence-electron chi connectivity index (χ0n) is 13.6. The molecule has 0 spiro atoms. The van der Waals surface area contributed by atoms with Crippen LogP contribution in [0.1, 0.15) is 60.3 Å². The summed E-state index contributed by atoms with van der Waals surface area (Å²) in [5, 5.41) is 0. The van der Waals surface area contributed by atoms with Crippen molar-refractivity contribution < 1.29 is 4.79 Å². The molecule has 0 aliphatic carbocycles. The van der Waals surface area contributed by atoms with E-state index in [1.807, 2.05) is 6.92 Å². The lowest BCUT2D eigenvalue weighted by molar-refractivity contribution is -0.135. The van der Waals surface area contributed by atoms with E-state index in [0.717, 1.165) is 38.8 Å². The number of nitrogens with two attached hydrogens (primary N) is 1. The predicted octanol–water partition coefficient (Wildman–Crippen LogP) is 3.28. The summed E-state index contributed by atoms with van der Waals surface area (Å²) in [5.41, 5.74) is 5.52. The van der Waals surface area contributed by atoms with Crippen LogP contribution in [-0.2, 0) is 4.79 Å². The van der Waals surface area contributed by atoms with Gasteiger partial charge in [0.2, 0.25) is 5.91 Å². The molecule has 1 amide bonds. The standard InChI is InChI=1S/C16H34N2O/c1-13(2)8-11-18(12-9-14(3)4)16(19)15(5)7-6-10-17/h13-15H,6-12,17H2,1-5H3. The Kier molecular flexibility index (Phi) is 9.94. The molecule has 0 aliphatic rings. The molecule has 2 N–H and O–H groups in total. The highest BCUT2D eigenvalue weighted by Gasteiger charge is 2.20. The van der Waals surface area contributed by atoms with Crippen LogP contribution in [0.2, 0.25) is 0 Å². The molecule has 0 fully saturated rings. The second-order valence-corrected chi connectivity index (χ2v) is 6.52. The highest BCUT2D eigenvalue weighted by Crippen LogP contribution is 2.13. The second kappa shape index (κ2) is 10.2. The van der Waals surface area contributed by atoms with E-state index in [1.165, 1.54) is 0 Å². The predicted molar refractivity (Wildman–Crippen MR) is 82.9 cm³/mol. The Labute approximate surface area is 119 Å². The number of hydrogen-bond donors (Lipinski definition) is 1. The molecule has 0 heterocycles. The SMILES string of the molecule is CC(C)CCN(CCC(C)C)C(=O)C(C)CCCN. The van der Waals surface area contributed by atoms with Crippen molar-refractivity contribution in [2.24, 2.45) is 23.5 Å². The van der Waals surface area contributed by atoms with Gasteiger partial charge < -0.3 is 10.6 Å². The van der Waals surface area contributed by atoms with Crippen molar-refractivity contribution in [2.45, 2.75) is 60.3 Å².